The molecule has 2 N–H and O–H groups in total. The quantitative estimate of drug-likeness (QED) is 0.880. The minimum Gasteiger partial charge on any atom is -0.454 e. The number of nitrogens with zero attached hydrogens (tertiary/aromatic N) is 2. The van der Waals surface area contributed by atoms with Crippen molar-refractivity contribution >= 4 is 0 Å². The second kappa shape index (κ2) is 5.01. The average Bonchev–Trinajstić information content (AvgIpc) is 2.75. The fraction of sp³-hybridized carbons (Fsp3) is 0.308. The summed E-state index contributed by atoms with van der Waals surface area (Å²) in [6.45, 7) is 2.07. The highest BCUT2D eigenvalue weighted by Gasteiger charge is 2.04. The maximum Gasteiger partial charge on any atom is 0.165 e. The van der Waals surface area contributed by atoms with E-state index >= 15 is 0 Å². The van der Waals surface area contributed by atoms with Crippen LogP contribution in [0.1, 0.15) is 24.9 Å². The molecular formula is C13H17N3O. The predicted molar refractivity (Wildman–Crippen MR) is 66.9 cm³/mol. The van der Waals surface area contributed by atoms with Gasteiger partial charge in [-0.15, -0.1) is 0 Å². The summed E-state index contributed by atoms with van der Waals surface area (Å²) in [5.74, 6) is 1.53. The van der Waals surface area contributed by atoms with E-state index in [2.05, 4.69) is 12.0 Å². The molecule has 90 valence electrons. The highest BCUT2D eigenvalue weighted by atomic mass is 16.5. The molecule has 0 aliphatic rings. The molecule has 2 aromatic rings. The van der Waals surface area contributed by atoms with Crippen LogP contribution in [0, 0.1) is 0 Å². The SMILES string of the molecule is CC[C@@H](N)c1ccc(Oc2cnn(C)c2)cc1. The molecule has 1 heterocycles. The summed E-state index contributed by atoms with van der Waals surface area (Å²) >= 11 is 0. The summed E-state index contributed by atoms with van der Waals surface area (Å²) in [4.78, 5) is 0. The molecule has 1 atom stereocenters. The Kier molecular flexibility index (Phi) is 3.44. The molecule has 0 amide bonds. The van der Waals surface area contributed by atoms with Gasteiger partial charge < -0.3 is 10.5 Å². The molecule has 0 saturated carbocycles. The van der Waals surface area contributed by atoms with E-state index in [4.69, 9.17) is 10.5 Å². The molecule has 0 aliphatic heterocycles. The fourth-order valence-electron chi connectivity index (χ4n) is 1.61. The van der Waals surface area contributed by atoms with E-state index in [0.717, 1.165) is 23.5 Å². The van der Waals surface area contributed by atoms with Crippen molar-refractivity contribution < 1.29 is 4.74 Å². The van der Waals surface area contributed by atoms with Crippen molar-refractivity contribution in [2.45, 2.75) is 19.4 Å². The van der Waals surface area contributed by atoms with Gasteiger partial charge in [0.25, 0.3) is 0 Å². The molecule has 0 unspecified atom stereocenters. The average molecular weight is 231 g/mol. The number of benzene rings is 1. The van der Waals surface area contributed by atoms with Crippen LogP contribution in [-0.4, -0.2) is 9.78 Å². The van der Waals surface area contributed by atoms with E-state index in [1.807, 2.05) is 37.5 Å². The largest absolute Gasteiger partial charge is 0.454 e. The summed E-state index contributed by atoms with van der Waals surface area (Å²) in [5, 5.41) is 4.04. The normalized spacial score (nSPS) is 12.4. The van der Waals surface area contributed by atoms with Crippen LogP contribution in [0.5, 0.6) is 11.5 Å². The van der Waals surface area contributed by atoms with Crippen LogP contribution >= 0.6 is 0 Å². The van der Waals surface area contributed by atoms with Gasteiger partial charge in [-0.3, -0.25) is 4.68 Å². The van der Waals surface area contributed by atoms with E-state index in [1.54, 1.807) is 10.9 Å². The van der Waals surface area contributed by atoms with Crippen molar-refractivity contribution in [3.63, 3.8) is 0 Å². The highest BCUT2D eigenvalue weighted by Crippen LogP contribution is 2.22. The molecule has 0 fully saturated rings. The Hall–Kier alpha value is -1.81. The van der Waals surface area contributed by atoms with Crippen LogP contribution in [0.15, 0.2) is 36.7 Å². The van der Waals surface area contributed by atoms with Crippen molar-refractivity contribution in [2.24, 2.45) is 12.8 Å². The molecule has 4 nitrogen and oxygen atoms in total. The van der Waals surface area contributed by atoms with Crippen molar-refractivity contribution in [3.8, 4) is 11.5 Å². The zero-order valence-electron chi connectivity index (χ0n) is 10.1. The van der Waals surface area contributed by atoms with Gasteiger partial charge in [-0.2, -0.15) is 5.10 Å². The summed E-state index contributed by atoms with van der Waals surface area (Å²) in [5.41, 5.74) is 7.08. The molecule has 0 aliphatic carbocycles. The van der Waals surface area contributed by atoms with Gasteiger partial charge in [-0.05, 0) is 24.1 Å². The Morgan fingerprint density at radius 2 is 2.00 bits per heavy atom. The van der Waals surface area contributed by atoms with Gasteiger partial charge in [0.1, 0.15) is 5.75 Å². The van der Waals surface area contributed by atoms with Crippen molar-refractivity contribution in [1.29, 1.82) is 0 Å². The first kappa shape index (κ1) is 11.7. The van der Waals surface area contributed by atoms with Gasteiger partial charge in [-0.25, -0.2) is 0 Å². The molecule has 0 bridgehead atoms. The monoisotopic (exact) mass is 231 g/mol. The summed E-state index contributed by atoms with van der Waals surface area (Å²) in [6, 6.07) is 7.96. The maximum absolute atomic E-state index is 5.95. The zero-order valence-corrected chi connectivity index (χ0v) is 10.1. The van der Waals surface area contributed by atoms with Gasteiger partial charge in [0.2, 0.25) is 0 Å². The van der Waals surface area contributed by atoms with Gasteiger partial charge in [0, 0.05) is 13.1 Å². The molecule has 17 heavy (non-hydrogen) atoms. The molecular weight excluding hydrogens is 214 g/mol. The minimum absolute atomic E-state index is 0.0995. The van der Waals surface area contributed by atoms with Crippen molar-refractivity contribution in [2.75, 3.05) is 0 Å². The Bertz CT molecular complexity index is 476. The van der Waals surface area contributed by atoms with Crippen LogP contribution < -0.4 is 10.5 Å². The number of hydrogen-bond donors (Lipinski definition) is 1. The predicted octanol–water partition coefficient (Wildman–Crippen LogP) is 2.62. The molecule has 4 heteroatoms. The smallest absolute Gasteiger partial charge is 0.165 e. The third-order valence-corrected chi connectivity index (χ3v) is 2.66. The molecule has 1 aromatic carbocycles. The van der Waals surface area contributed by atoms with Crippen LogP contribution in [-0.2, 0) is 7.05 Å². The van der Waals surface area contributed by atoms with Gasteiger partial charge in [0.05, 0.1) is 12.4 Å². The second-order valence-electron chi connectivity index (χ2n) is 4.04. The summed E-state index contributed by atoms with van der Waals surface area (Å²) < 4.78 is 7.35. The number of ether oxygens (including phenoxy) is 1. The summed E-state index contributed by atoms with van der Waals surface area (Å²) in [7, 11) is 1.86. The van der Waals surface area contributed by atoms with Crippen LogP contribution in [0.25, 0.3) is 0 Å². The maximum atomic E-state index is 5.95. The van der Waals surface area contributed by atoms with E-state index in [1.165, 1.54) is 0 Å². The second-order valence-corrected chi connectivity index (χ2v) is 4.04. The molecule has 0 radical (unpaired) electrons. The van der Waals surface area contributed by atoms with Gasteiger partial charge in [-0.1, -0.05) is 19.1 Å². The highest BCUT2D eigenvalue weighted by molar-refractivity contribution is 5.32. The van der Waals surface area contributed by atoms with Crippen molar-refractivity contribution in [3.05, 3.63) is 42.2 Å². The molecule has 1 aromatic heterocycles. The number of nitrogens with two attached hydrogens (primary N) is 1. The topological polar surface area (TPSA) is 53.1 Å². The number of rotatable bonds is 4. The lowest BCUT2D eigenvalue weighted by Crippen LogP contribution is -2.07. The van der Waals surface area contributed by atoms with Crippen LogP contribution in [0.2, 0.25) is 0 Å². The number of hydrogen-bond acceptors (Lipinski definition) is 3. The van der Waals surface area contributed by atoms with E-state index in [9.17, 15) is 0 Å². The van der Waals surface area contributed by atoms with Crippen LogP contribution in [0.3, 0.4) is 0 Å². The summed E-state index contributed by atoms with van der Waals surface area (Å²) in [6.07, 6.45) is 4.44. The van der Waals surface area contributed by atoms with E-state index in [0.29, 0.717) is 0 Å². The van der Waals surface area contributed by atoms with Gasteiger partial charge >= 0.3 is 0 Å². The Morgan fingerprint density at radius 1 is 1.29 bits per heavy atom. The third kappa shape index (κ3) is 2.85. The first-order chi connectivity index (χ1) is 8.19. The van der Waals surface area contributed by atoms with E-state index in [-0.39, 0.29) is 6.04 Å². The minimum atomic E-state index is 0.0995. The van der Waals surface area contributed by atoms with Crippen molar-refractivity contribution in [1.82, 2.24) is 9.78 Å². The first-order valence-electron chi connectivity index (χ1n) is 5.71. The van der Waals surface area contributed by atoms with Crippen LogP contribution in [0.4, 0.5) is 0 Å². The first-order valence-corrected chi connectivity index (χ1v) is 5.71. The lowest BCUT2D eigenvalue weighted by atomic mass is 10.1. The van der Waals surface area contributed by atoms with E-state index < -0.39 is 0 Å². The fourth-order valence-corrected chi connectivity index (χ4v) is 1.61. The van der Waals surface area contributed by atoms with Gasteiger partial charge in [0.15, 0.2) is 5.75 Å². The standard InChI is InChI=1S/C13H17N3O/c1-3-13(14)10-4-6-11(7-5-10)17-12-8-15-16(2)9-12/h4-9,13H,3,14H2,1-2H3/t13-/m1/s1. The number of aromatic nitrogens is 2. The Labute approximate surface area is 101 Å². The molecule has 0 saturated heterocycles. The molecule has 2 rings (SSSR count). The lowest BCUT2D eigenvalue weighted by Gasteiger charge is -2.09. The number of aryl methyl sites for hydroxylation is 1. The Balaban J connectivity index is 2.08. The molecule has 0 spiro atoms. The third-order valence-electron chi connectivity index (χ3n) is 2.66. The Morgan fingerprint density at radius 3 is 2.53 bits per heavy atom. The zero-order chi connectivity index (χ0) is 12.3. The lowest BCUT2D eigenvalue weighted by molar-refractivity contribution is 0.481.